The van der Waals surface area contributed by atoms with Crippen LogP contribution in [0.4, 0.5) is 0 Å². The zero-order valence-electron chi connectivity index (χ0n) is 12.5. The summed E-state index contributed by atoms with van der Waals surface area (Å²) in [6, 6.07) is 2.60. The Morgan fingerprint density at radius 2 is 2.14 bits per heavy atom. The highest BCUT2D eigenvalue weighted by atomic mass is 16.3. The molecule has 1 aliphatic rings. The zero-order valence-corrected chi connectivity index (χ0v) is 12.5. The van der Waals surface area contributed by atoms with Crippen molar-refractivity contribution in [3.63, 3.8) is 0 Å². The molecule has 6 heteroatoms. The van der Waals surface area contributed by atoms with Crippen molar-refractivity contribution in [2.24, 2.45) is 17.6 Å². The average Bonchev–Trinajstić information content (AvgIpc) is 3.16. The van der Waals surface area contributed by atoms with Gasteiger partial charge in [0.1, 0.15) is 6.04 Å². The van der Waals surface area contributed by atoms with Crippen molar-refractivity contribution in [2.75, 3.05) is 6.54 Å². The quantitative estimate of drug-likeness (QED) is 0.695. The molecule has 1 aliphatic carbocycles. The summed E-state index contributed by atoms with van der Waals surface area (Å²) in [5.41, 5.74) is 5.96. The lowest BCUT2D eigenvalue weighted by atomic mass is 10.0. The van der Waals surface area contributed by atoms with Gasteiger partial charge in [-0.25, -0.2) is 0 Å². The fourth-order valence-corrected chi connectivity index (χ4v) is 2.17. The molecule has 0 aliphatic heterocycles. The number of nitrogens with two attached hydrogens (primary N) is 1. The van der Waals surface area contributed by atoms with E-state index in [-0.39, 0.29) is 29.5 Å². The maximum Gasteiger partial charge on any atom is 0.287 e. The van der Waals surface area contributed by atoms with Crippen LogP contribution in [0, 0.1) is 11.8 Å². The Morgan fingerprint density at radius 3 is 2.67 bits per heavy atom. The molecule has 0 saturated heterocycles. The normalized spacial score (nSPS) is 17.3. The van der Waals surface area contributed by atoms with Gasteiger partial charge < -0.3 is 20.8 Å². The third-order valence-electron chi connectivity index (χ3n) is 3.72. The maximum atomic E-state index is 12.2. The highest BCUT2D eigenvalue weighted by Crippen LogP contribution is 2.31. The van der Waals surface area contributed by atoms with Crippen LogP contribution in [-0.4, -0.2) is 30.4 Å². The summed E-state index contributed by atoms with van der Waals surface area (Å²) < 4.78 is 5.03. The number of amides is 2. The van der Waals surface area contributed by atoms with Crippen molar-refractivity contribution in [2.45, 2.75) is 38.8 Å². The monoisotopic (exact) mass is 293 g/mol. The summed E-state index contributed by atoms with van der Waals surface area (Å²) >= 11 is 0. The van der Waals surface area contributed by atoms with Crippen LogP contribution in [0.15, 0.2) is 22.8 Å². The minimum Gasteiger partial charge on any atom is -0.459 e. The van der Waals surface area contributed by atoms with E-state index >= 15 is 0 Å². The van der Waals surface area contributed by atoms with Gasteiger partial charge >= 0.3 is 0 Å². The molecule has 2 atom stereocenters. The summed E-state index contributed by atoms with van der Waals surface area (Å²) in [6.45, 7) is 4.21. The molecule has 4 N–H and O–H groups in total. The van der Waals surface area contributed by atoms with Crippen molar-refractivity contribution in [3.8, 4) is 0 Å². The van der Waals surface area contributed by atoms with Crippen LogP contribution in [0.2, 0.25) is 0 Å². The second-order valence-electron chi connectivity index (χ2n) is 5.92. The molecule has 2 unspecified atom stereocenters. The van der Waals surface area contributed by atoms with Crippen LogP contribution in [-0.2, 0) is 4.79 Å². The van der Waals surface area contributed by atoms with Gasteiger partial charge in [0.15, 0.2) is 5.76 Å². The van der Waals surface area contributed by atoms with Crippen LogP contribution in [0.1, 0.15) is 37.2 Å². The molecule has 0 aromatic carbocycles. The van der Waals surface area contributed by atoms with Gasteiger partial charge in [0, 0.05) is 12.6 Å². The number of rotatable bonds is 7. The van der Waals surface area contributed by atoms with Crippen LogP contribution >= 0.6 is 0 Å². The largest absolute Gasteiger partial charge is 0.459 e. The first-order valence-corrected chi connectivity index (χ1v) is 7.36. The Balaban J connectivity index is 1.88. The fraction of sp³-hybridized carbons (Fsp3) is 0.600. The first-order chi connectivity index (χ1) is 9.99. The number of furan rings is 1. The topological polar surface area (TPSA) is 97.4 Å². The number of hydrogen-bond donors (Lipinski definition) is 3. The van der Waals surface area contributed by atoms with Gasteiger partial charge in [-0.1, -0.05) is 13.8 Å². The Labute approximate surface area is 124 Å². The van der Waals surface area contributed by atoms with E-state index < -0.39 is 6.04 Å². The van der Waals surface area contributed by atoms with E-state index in [4.69, 9.17) is 10.2 Å². The average molecular weight is 293 g/mol. The van der Waals surface area contributed by atoms with Crippen LogP contribution < -0.4 is 16.4 Å². The van der Waals surface area contributed by atoms with E-state index in [0.717, 1.165) is 12.8 Å². The highest BCUT2D eigenvalue weighted by molar-refractivity contribution is 5.95. The van der Waals surface area contributed by atoms with Crippen molar-refractivity contribution in [1.29, 1.82) is 0 Å². The van der Waals surface area contributed by atoms with Gasteiger partial charge in [0.25, 0.3) is 5.91 Å². The molecular weight excluding hydrogens is 270 g/mol. The van der Waals surface area contributed by atoms with Gasteiger partial charge in [0.05, 0.1) is 6.26 Å². The second kappa shape index (κ2) is 6.76. The molecule has 2 amide bonds. The Hall–Kier alpha value is -1.82. The molecule has 0 spiro atoms. The van der Waals surface area contributed by atoms with Crippen LogP contribution in [0.25, 0.3) is 0 Å². The predicted molar refractivity (Wildman–Crippen MR) is 78.5 cm³/mol. The van der Waals surface area contributed by atoms with E-state index in [1.165, 1.54) is 6.26 Å². The molecule has 1 saturated carbocycles. The van der Waals surface area contributed by atoms with Crippen molar-refractivity contribution in [1.82, 2.24) is 10.6 Å². The van der Waals surface area contributed by atoms with E-state index in [1.54, 1.807) is 12.1 Å². The lowest BCUT2D eigenvalue weighted by Gasteiger charge is -2.22. The molecule has 0 bridgehead atoms. The van der Waals surface area contributed by atoms with Gasteiger partial charge in [-0.3, -0.25) is 9.59 Å². The predicted octanol–water partition coefficient (Wildman–Crippen LogP) is 0.888. The Kier molecular flexibility index (Phi) is 5.01. The summed E-state index contributed by atoms with van der Waals surface area (Å²) in [5.74, 6) is 0.103. The minimum absolute atomic E-state index is 0.00235. The first-order valence-electron chi connectivity index (χ1n) is 7.36. The van der Waals surface area contributed by atoms with Gasteiger partial charge in [-0.05, 0) is 36.8 Å². The maximum absolute atomic E-state index is 12.2. The van der Waals surface area contributed by atoms with Gasteiger partial charge in [-0.2, -0.15) is 0 Å². The summed E-state index contributed by atoms with van der Waals surface area (Å²) in [5, 5.41) is 5.53. The van der Waals surface area contributed by atoms with Crippen LogP contribution in [0.5, 0.6) is 0 Å². The van der Waals surface area contributed by atoms with Crippen molar-refractivity contribution < 1.29 is 14.0 Å². The molecule has 21 heavy (non-hydrogen) atoms. The van der Waals surface area contributed by atoms with Crippen molar-refractivity contribution in [3.05, 3.63) is 24.2 Å². The summed E-state index contributed by atoms with van der Waals surface area (Å²) in [7, 11) is 0. The molecule has 0 radical (unpaired) electrons. The smallest absolute Gasteiger partial charge is 0.287 e. The molecule has 2 rings (SSSR count). The van der Waals surface area contributed by atoms with E-state index in [2.05, 4.69) is 10.6 Å². The van der Waals surface area contributed by atoms with Crippen molar-refractivity contribution >= 4 is 11.8 Å². The highest BCUT2D eigenvalue weighted by Gasteiger charge is 2.30. The third kappa shape index (κ3) is 4.32. The second-order valence-corrected chi connectivity index (χ2v) is 5.92. The Morgan fingerprint density at radius 1 is 1.43 bits per heavy atom. The SMILES string of the molecule is CC(C)C(NC(=O)c1ccco1)C(=O)NCC(N)C1CC1. The summed E-state index contributed by atoms with van der Waals surface area (Å²) in [4.78, 5) is 24.2. The number of hydrogen-bond acceptors (Lipinski definition) is 4. The number of nitrogens with one attached hydrogen (secondary N) is 2. The van der Waals surface area contributed by atoms with Gasteiger partial charge in [0.2, 0.25) is 5.91 Å². The van der Waals surface area contributed by atoms with E-state index in [9.17, 15) is 9.59 Å². The van der Waals surface area contributed by atoms with E-state index in [0.29, 0.717) is 12.5 Å². The first kappa shape index (κ1) is 15.6. The molecular formula is C15H23N3O3. The molecule has 1 heterocycles. The third-order valence-corrected chi connectivity index (χ3v) is 3.72. The van der Waals surface area contributed by atoms with Gasteiger partial charge in [-0.15, -0.1) is 0 Å². The number of carbonyl (C=O) groups excluding carboxylic acids is 2. The number of carbonyl (C=O) groups is 2. The summed E-state index contributed by atoms with van der Waals surface area (Å²) in [6.07, 6.45) is 3.70. The van der Waals surface area contributed by atoms with Crippen LogP contribution in [0.3, 0.4) is 0 Å². The fourth-order valence-electron chi connectivity index (χ4n) is 2.17. The minimum atomic E-state index is -0.603. The molecule has 1 aromatic rings. The molecule has 6 nitrogen and oxygen atoms in total. The lowest BCUT2D eigenvalue weighted by molar-refractivity contribution is -0.124. The zero-order chi connectivity index (χ0) is 15.4. The molecule has 116 valence electrons. The standard InChI is InChI=1S/C15H23N3O3/c1-9(2)13(18-14(19)12-4-3-7-21-12)15(20)17-8-11(16)10-5-6-10/h3-4,7,9-11,13H,5-6,8,16H2,1-2H3,(H,17,20)(H,18,19). The lowest BCUT2D eigenvalue weighted by Crippen LogP contribution is -2.51. The van der Waals surface area contributed by atoms with E-state index in [1.807, 2.05) is 13.8 Å². The Bertz CT molecular complexity index is 480. The molecule has 1 aromatic heterocycles. The molecule has 1 fully saturated rings.